The number of carbonyl (C=O) groups is 1. The van der Waals surface area contributed by atoms with Crippen LogP contribution in [0.2, 0.25) is 0 Å². The second kappa shape index (κ2) is 18.1. The fraction of sp³-hybridized carbons (Fsp3) is 0.842. The van der Waals surface area contributed by atoms with E-state index >= 15 is 0 Å². The minimum absolute atomic E-state index is 0.398. The molecule has 3 heteroatoms. The highest BCUT2D eigenvalue weighted by molar-refractivity contribution is 5.68. The summed E-state index contributed by atoms with van der Waals surface area (Å²) in [6.07, 6.45) is 19.6. The van der Waals surface area contributed by atoms with Crippen molar-refractivity contribution in [3.63, 3.8) is 0 Å². The van der Waals surface area contributed by atoms with Crippen LogP contribution in [-0.2, 0) is 4.74 Å². The molecular formula is C19H37NO2. The van der Waals surface area contributed by atoms with Gasteiger partial charge in [0.15, 0.2) is 0 Å². The molecule has 0 atom stereocenters. The highest BCUT2D eigenvalue weighted by Gasteiger charge is 1.98. The molecule has 3 nitrogen and oxygen atoms in total. The number of hydrogen-bond donors (Lipinski definition) is 1. The monoisotopic (exact) mass is 311 g/mol. The number of carbonyl (C=O) groups excluding carboxylic acids is 1. The largest absolute Gasteiger partial charge is 0.449 e. The van der Waals surface area contributed by atoms with Crippen LogP contribution in [0.4, 0.5) is 4.79 Å². The molecule has 0 aliphatic heterocycles. The summed E-state index contributed by atoms with van der Waals surface area (Å²) in [5.74, 6) is 0. The summed E-state index contributed by atoms with van der Waals surface area (Å²) in [6.45, 7) is 6.19. The first-order valence-electron chi connectivity index (χ1n) is 9.35. The summed E-state index contributed by atoms with van der Waals surface area (Å²) < 4.78 is 4.97. The van der Waals surface area contributed by atoms with Crippen molar-refractivity contribution in [1.29, 1.82) is 0 Å². The molecule has 0 radical (unpaired) electrons. The lowest BCUT2D eigenvalue weighted by Gasteiger charge is -2.04. The van der Waals surface area contributed by atoms with Gasteiger partial charge in [-0.1, -0.05) is 97.0 Å². The highest BCUT2D eigenvalue weighted by Crippen LogP contribution is 2.12. The molecule has 0 heterocycles. The standard InChI is InChI=1S/C19H37NO2/c1-3-5-6-7-8-9-10-11-12-13-14-15-16-17-18-22-19(21)20-4-2/h4H,2-3,5-18H2,1H3,(H,20,21). The van der Waals surface area contributed by atoms with Gasteiger partial charge < -0.3 is 4.74 Å². The van der Waals surface area contributed by atoms with Gasteiger partial charge in [-0.25, -0.2) is 4.79 Å². The fourth-order valence-electron chi connectivity index (χ4n) is 2.59. The number of nitrogens with one attached hydrogen (secondary N) is 1. The average Bonchev–Trinajstić information content (AvgIpc) is 2.51. The molecule has 0 fully saturated rings. The second-order valence-corrected chi connectivity index (χ2v) is 6.08. The zero-order valence-corrected chi connectivity index (χ0v) is 14.7. The Balaban J connectivity index is 3.02. The summed E-state index contributed by atoms with van der Waals surface area (Å²) >= 11 is 0. The lowest BCUT2D eigenvalue weighted by Crippen LogP contribution is -2.18. The van der Waals surface area contributed by atoms with Crippen LogP contribution in [0.15, 0.2) is 12.8 Å². The maximum atomic E-state index is 11.0. The third-order valence-electron chi connectivity index (χ3n) is 3.95. The van der Waals surface area contributed by atoms with Crippen molar-refractivity contribution in [2.45, 2.75) is 96.8 Å². The maximum absolute atomic E-state index is 11.0. The van der Waals surface area contributed by atoms with E-state index in [0.717, 1.165) is 12.8 Å². The quantitative estimate of drug-likeness (QED) is 0.338. The van der Waals surface area contributed by atoms with Crippen molar-refractivity contribution in [3.8, 4) is 0 Å². The number of rotatable bonds is 16. The molecule has 0 bridgehead atoms. The van der Waals surface area contributed by atoms with Gasteiger partial charge >= 0.3 is 6.09 Å². The van der Waals surface area contributed by atoms with Crippen molar-refractivity contribution in [2.75, 3.05) is 6.61 Å². The molecule has 1 amide bonds. The maximum Gasteiger partial charge on any atom is 0.411 e. The Morgan fingerprint density at radius 2 is 1.23 bits per heavy atom. The van der Waals surface area contributed by atoms with E-state index in [9.17, 15) is 4.79 Å². The molecule has 0 unspecified atom stereocenters. The summed E-state index contributed by atoms with van der Waals surface area (Å²) in [5, 5.41) is 2.40. The topological polar surface area (TPSA) is 38.3 Å². The van der Waals surface area contributed by atoms with Gasteiger partial charge in [-0.15, -0.1) is 0 Å². The van der Waals surface area contributed by atoms with E-state index in [-0.39, 0.29) is 0 Å². The first kappa shape index (κ1) is 21.0. The zero-order valence-electron chi connectivity index (χ0n) is 14.7. The number of unbranched alkanes of at least 4 members (excludes halogenated alkanes) is 13. The smallest absolute Gasteiger partial charge is 0.411 e. The normalized spacial score (nSPS) is 10.4. The van der Waals surface area contributed by atoms with Crippen molar-refractivity contribution in [3.05, 3.63) is 12.8 Å². The Bertz CT molecular complexity index is 254. The van der Waals surface area contributed by atoms with Crippen LogP contribution in [0.25, 0.3) is 0 Å². The third-order valence-corrected chi connectivity index (χ3v) is 3.95. The van der Waals surface area contributed by atoms with Gasteiger partial charge in [-0.3, -0.25) is 5.32 Å². The number of hydrogen-bond acceptors (Lipinski definition) is 2. The van der Waals surface area contributed by atoms with E-state index in [1.54, 1.807) is 0 Å². The van der Waals surface area contributed by atoms with Gasteiger partial charge in [0, 0.05) is 0 Å². The molecule has 0 aliphatic carbocycles. The Morgan fingerprint density at radius 1 is 0.818 bits per heavy atom. The van der Waals surface area contributed by atoms with E-state index in [2.05, 4.69) is 18.8 Å². The molecule has 0 aromatic carbocycles. The summed E-state index contributed by atoms with van der Waals surface area (Å²) in [6, 6.07) is 0. The molecule has 0 saturated heterocycles. The Hall–Kier alpha value is -0.990. The van der Waals surface area contributed by atoms with Crippen LogP contribution in [0.3, 0.4) is 0 Å². The molecule has 22 heavy (non-hydrogen) atoms. The third kappa shape index (κ3) is 17.1. The van der Waals surface area contributed by atoms with Gasteiger partial charge in [-0.2, -0.15) is 0 Å². The molecule has 0 saturated carbocycles. The molecule has 0 aromatic rings. The average molecular weight is 312 g/mol. The van der Waals surface area contributed by atoms with Crippen molar-refractivity contribution < 1.29 is 9.53 Å². The Morgan fingerprint density at radius 3 is 1.64 bits per heavy atom. The zero-order chi connectivity index (χ0) is 16.3. The first-order valence-corrected chi connectivity index (χ1v) is 9.35. The Labute approximate surface area is 137 Å². The van der Waals surface area contributed by atoms with Crippen LogP contribution in [-0.4, -0.2) is 12.7 Å². The molecule has 1 N–H and O–H groups in total. The van der Waals surface area contributed by atoms with Crippen LogP contribution in [0.5, 0.6) is 0 Å². The van der Waals surface area contributed by atoms with E-state index < -0.39 is 6.09 Å². The minimum atomic E-state index is -0.398. The van der Waals surface area contributed by atoms with Crippen molar-refractivity contribution in [1.82, 2.24) is 5.32 Å². The van der Waals surface area contributed by atoms with Crippen LogP contribution in [0.1, 0.15) is 96.8 Å². The number of alkyl carbamates (subject to hydrolysis) is 1. The lowest BCUT2D eigenvalue weighted by molar-refractivity contribution is 0.147. The number of ether oxygens (including phenoxy) is 1. The molecular weight excluding hydrogens is 274 g/mol. The van der Waals surface area contributed by atoms with Crippen molar-refractivity contribution >= 4 is 6.09 Å². The second-order valence-electron chi connectivity index (χ2n) is 6.08. The SMILES string of the molecule is C=CNC(=O)OCCCCCCCCCCCCCCCC. The van der Waals surface area contributed by atoms with Gasteiger partial charge in [0.2, 0.25) is 0 Å². The number of amides is 1. The van der Waals surface area contributed by atoms with Gasteiger partial charge in [-0.05, 0) is 12.6 Å². The molecule has 0 rings (SSSR count). The van der Waals surface area contributed by atoms with E-state index in [0.29, 0.717) is 6.61 Å². The molecule has 0 aromatic heterocycles. The summed E-state index contributed by atoms with van der Waals surface area (Å²) in [7, 11) is 0. The minimum Gasteiger partial charge on any atom is -0.449 e. The molecule has 130 valence electrons. The lowest BCUT2D eigenvalue weighted by atomic mass is 10.0. The van der Waals surface area contributed by atoms with Crippen LogP contribution in [0, 0.1) is 0 Å². The highest BCUT2D eigenvalue weighted by atomic mass is 16.5. The summed E-state index contributed by atoms with van der Waals surface area (Å²) in [5.41, 5.74) is 0. The molecule has 0 aliphatic rings. The van der Waals surface area contributed by atoms with E-state index in [1.807, 2.05) is 0 Å². The van der Waals surface area contributed by atoms with Crippen LogP contribution < -0.4 is 5.32 Å². The van der Waals surface area contributed by atoms with Crippen molar-refractivity contribution in [2.24, 2.45) is 0 Å². The molecule has 0 spiro atoms. The van der Waals surface area contributed by atoms with Gasteiger partial charge in [0.1, 0.15) is 0 Å². The fourth-order valence-corrected chi connectivity index (χ4v) is 2.59. The van der Waals surface area contributed by atoms with Gasteiger partial charge in [0.25, 0.3) is 0 Å². The van der Waals surface area contributed by atoms with E-state index in [1.165, 1.54) is 83.2 Å². The van der Waals surface area contributed by atoms with Crippen LogP contribution >= 0.6 is 0 Å². The van der Waals surface area contributed by atoms with E-state index in [4.69, 9.17) is 4.74 Å². The first-order chi connectivity index (χ1) is 10.8. The summed E-state index contributed by atoms with van der Waals surface area (Å²) in [4.78, 5) is 11.0. The predicted octanol–water partition coefficient (Wildman–Crippen LogP) is 6.34. The Kier molecular flexibility index (Phi) is 17.2. The van der Waals surface area contributed by atoms with Gasteiger partial charge in [0.05, 0.1) is 6.61 Å². The predicted molar refractivity (Wildman–Crippen MR) is 95.0 cm³/mol.